The summed E-state index contributed by atoms with van der Waals surface area (Å²) in [5.74, 6) is 0.576. The molecule has 3 heteroatoms. The highest BCUT2D eigenvalue weighted by molar-refractivity contribution is 6.18. The molecule has 2 rings (SSSR count). The molecule has 1 aliphatic heterocycles. The number of morpholine rings is 1. The minimum atomic E-state index is 0.168. The lowest BCUT2D eigenvalue weighted by atomic mass is 9.86. The van der Waals surface area contributed by atoms with Crippen molar-refractivity contribution in [3.05, 3.63) is 35.4 Å². The van der Waals surface area contributed by atoms with Gasteiger partial charge in [-0.05, 0) is 23.5 Å². The van der Waals surface area contributed by atoms with Crippen LogP contribution < -0.4 is 0 Å². The summed E-state index contributed by atoms with van der Waals surface area (Å²) in [6.45, 7) is 11.6. The van der Waals surface area contributed by atoms with Crippen LogP contribution >= 0.6 is 11.6 Å². The van der Waals surface area contributed by atoms with E-state index in [0.29, 0.717) is 11.9 Å². The second kappa shape index (κ2) is 6.46. The number of hydrogen-bond acceptors (Lipinski definition) is 2. The Labute approximate surface area is 128 Å². The molecule has 0 bridgehead atoms. The molecule has 20 heavy (non-hydrogen) atoms. The Bertz CT molecular complexity index is 424. The van der Waals surface area contributed by atoms with Crippen molar-refractivity contribution in [2.24, 2.45) is 0 Å². The van der Waals surface area contributed by atoms with Crippen LogP contribution in [0.25, 0.3) is 0 Å². The first-order valence-electron chi connectivity index (χ1n) is 7.41. The van der Waals surface area contributed by atoms with Gasteiger partial charge in [0.2, 0.25) is 0 Å². The summed E-state index contributed by atoms with van der Waals surface area (Å²) in [6, 6.07) is 9.45. The molecule has 2 atom stereocenters. The van der Waals surface area contributed by atoms with Crippen LogP contribution in [0.1, 0.15) is 38.8 Å². The van der Waals surface area contributed by atoms with Gasteiger partial charge in [0.1, 0.15) is 0 Å². The molecule has 112 valence electrons. The first-order chi connectivity index (χ1) is 9.40. The molecule has 0 N–H and O–H groups in total. The van der Waals surface area contributed by atoms with Gasteiger partial charge in [0.15, 0.2) is 0 Å². The van der Waals surface area contributed by atoms with Gasteiger partial charge >= 0.3 is 0 Å². The Balaban J connectivity index is 2.02. The van der Waals surface area contributed by atoms with Crippen molar-refractivity contribution in [2.75, 3.05) is 19.0 Å². The molecule has 0 amide bonds. The second-order valence-electron chi connectivity index (χ2n) is 6.84. The number of halogens is 1. The van der Waals surface area contributed by atoms with E-state index in [0.717, 1.165) is 19.7 Å². The Morgan fingerprint density at radius 1 is 1.25 bits per heavy atom. The molecule has 1 aromatic carbocycles. The Morgan fingerprint density at radius 3 is 2.45 bits per heavy atom. The highest BCUT2D eigenvalue weighted by Crippen LogP contribution is 2.23. The fourth-order valence-electron chi connectivity index (χ4n) is 2.53. The predicted molar refractivity (Wildman–Crippen MR) is 85.5 cm³/mol. The Morgan fingerprint density at radius 2 is 1.90 bits per heavy atom. The third-order valence-corrected chi connectivity index (χ3v) is 4.36. The maximum atomic E-state index is 5.92. The topological polar surface area (TPSA) is 12.5 Å². The minimum Gasteiger partial charge on any atom is -0.374 e. The summed E-state index contributed by atoms with van der Waals surface area (Å²) in [7, 11) is 0. The zero-order valence-electron chi connectivity index (χ0n) is 13.0. The summed E-state index contributed by atoms with van der Waals surface area (Å²) in [4.78, 5) is 2.46. The van der Waals surface area contributed by atoms with Crippen LogP contribution in [0.15, 0.2) is 24.3 Å². The van der Waals surface area contributed by atoms with Gasteiger partial charge in [0.05, 0.1) is 12.7 Å². The fourth-order valence-corrected chi connectivity index (χ4v) is 2.72. The van der Waals surface area contributed by atoms with Crippen LogP contribution in [0.5, 0.6) is 0 Å². The van der Waals surface area contributed by atoms with Crippen LogP contribution in [0, 0.1) is 0 Å². The van der Waals surface area contributed by atoms with E-state index in [9.17, 15) is 0 Å². The smallest absolute Gasteiger partial charge is 0.0838 e. The fraction of sp³-hybridized carbons (Fsp3) is 0.647. The summed E-state index contributed by atoms with van der Waals surface area (Å²) in [5.41, 5.74) is 2.96. The van der Waals surface area contributed by atoms with Gasteiger partial charge in [-0.3, -0.25) is 4.90 Å². The molecule has 0 saturated carbocycles. The molecule has 0 radical (unpaired) electrons. The zero-order valence-corrected chi connectivity index (χ0v) is 13.8. The van der Waals surface area contributed by atoms with E-state index in [-0.39, 0.29) is 11.5 Å². The normalized spacial score (nSPS) is 24.9. The van der Waals surface area contributed by atoms with E-state index < -0.39 is 0 Å². The number of ether oxygens (including phenoxy) is 1. The first kappa shape index (κ1) is 15.8. The van der Waals surface area contributed by atoms with Crippen molar-refractivity contribution in [1.82, 2.24) is 4.90 Å². The summed E-state index contributed by atoms with van der Waals surface area (Å²) in [6.07, 6.45) is 0.168. The summed E-state index contributed by atoms with van der Waals surface area (Å²) >= 11 is 5.92. The molecular formula is C17H26ClNO. The largest absolute Gasteiger partial charge is 0.374 e. The lowest BCUT2D eigenvalue weighted by Crippen LogP contribution is -2.48. The lowest BCUT2D eigenvalue weighted by molar-refractivity contribution is -0.0510. The maximum Gasteiger partial charge on any atom is 0.0838 e. The predicted octanol–water partition coefficient (Wildman–Crippen LogP) is 3.81. The number of alkyl halides is 1. The quantitative estimate of drug-likeness (QED) is 0.786. The molecular weight excluding hydrogens is 270 g/mol. The molecule has 2 unspecified atom stereocenters. The molecule has 1 aliphatic rings. The third kappa shape index (κ3) is 3.97. The van der Waals surface area contributed by atoms with Crippen molar-refractivity contribution in [1.29, 1.82) is 0 Å². The molecule has 2 nitrogen and oxygen atoms in total. The molecule has 1 heterocycles. The number of nitrogens with zero attached hydrogens (tertiary/aromatic N) is 1. The van der Waals surface area contributed by atoms with Crippen LogP contribution in [-0.4, -0.2) is 36.1 Å². The van der Waals surface area contributed by atoms with Crippen LogP contribution in [-0.2, 0) is 16.7 Å². The van der Waals surface area contributed by atoms with Crippen LogP contribution in [0.3, 0.4) is 0 Å². The van der Waals surface area contributed by atoms with Crippen molar-refractivity contribution >= 4 is 11.6 Å². The van der Waals surface area contributed by atoms with Crippen molar-refractivity contribution < 1.29 is 4.74 Å². The first-order valence-corrected chi connectivity index (χ1v) is 7.94. The van der Waals surface area contributed by atoms with Gasteiger partial charge in [-0.1, -0.05) is 45.0 Å². The average molecular weight is 296 g/mol. The van der Waals surface area contributed by atoms with Crippen molar-refractivity contribution in [3.63, 3.8) is 0 Å². The number of hydrogen-bond donors (Lipinski definition) is 0. The van der Waals surface area contributed by atoms with E-state index in [1.165, 1.54) is 11.1 Å². The van der Waals surface area contributed by atoms with Crippen molar-refractivity contribution in [2.45, 2.75) is 51.8 Å². The van der Waals surface area contributed by atoms with E-state index >= 15 is 0 Å². The van der Waals surface area contributed by atoms with Gasteiger partial charge in [-0.25, -0.2) is 0 Å². The summed E-state index contributed by atoms with van der Waals surface area (Å²) < 4.78 is 5.70. The Kier molecular flexibility index (Phi) is 5.11. The van der Waals surface area contributed by atoms with Gasteiger partial charge in [-0.15, -0.1) is 11.6 Å². The molecule has 0 aliphatic carbocycles. The van der Waals surface area contributed by atoms with Crippen LogP contribution in [0.4, 0.5) is 0 Å². The monoisotopic (exact) mass is 295 g/mol. The third-order valence-electron chi connectivity index (χ3n) is 4.01. The van der Waals surface area contributed by atoms with Gasteiger partial charge in [-0.2, -0.15) is 0 Å². The lowest BCUT2D eigenvalue weighted by Gasteiger charge is -2.37. The minimum absolute atomic E-state index is 0.168. The van der Waals surface area contributed by atoms with E-state index in [2.05, 4.69) is 56.9 Å². The zero-order chi connectivity index (χ0) is 14.8. The highest BCUT2D eigenvalue weighted by atomic mass is 35.5. The number of rotatable bonds is 3. The SMILES string of the molecule is CC1COC(CCl)CN1Cc1ccc(C(C)(C)C)cc1. The average Bonchev–Trinajstić information content (AvgIpc) is 2.41. The number of benzene rings is 1. The Hall–Kier alpha value is -0.570. The van der Waals surface area contributed by atoms with E-state index in [1.807, 2.05) is 0 Å². The molecule has 1 fully saturated rings. The molecule has 1 aromatic rings. The summed E-state index contributed by atoms with van der Waals surface area (Å²) in [5, 5.41) is 0. The van der Waals surface area contributed by atoms with Gasteiger partial charge in [0.25, 0.3) is 0 Å². The molecule has 1 saturated heterocycles. The standard InChI is InChI=1S/C17H26ClNO/c1-13-12-20-16(9-18)11-19(13)10-14-5-7-15(8-6-14)17(2,3)4/h5-8,13,16H,9-12H2,1-4H3. The maximum absolute atomic E-state index is 5.92. The van der Waals surface area contributed by atoms with Gasteiger partial charge in [0, 0.05) is 25.0 Å². The van der Waals surface area contributed by atoms with E-state index in [1.54, 1.807) is 0 Å². The molecule has 0 spiro atoms. The molecule has 0 aromatic heterocycles. The van der Waals surface area contributed by atoms with Gasteiger partial charge < -0.3 is 4.74 Å². The van der Waals surface area contributed by atoms with E-state index in [4.69, 9.17) is 16.3 Å². The van der Waals surface area contributed by atoms with Crippen molar-refractivity contribution in [3.8, 4) is 0 Å². The second-order valence-corrected chi connectivity index (χ2v) is 7.14. The van der Waals surface area contributed by atoms with Crippen LogP contribution in [0.2, 0.25) is 0 Å². The highest BCUT2D eigenvalue weighted by Gasteiger charge is 2.25.